The molecule has 0 amide bonds. The molecule has 0 aliphatic carbocycles. The summed E-state index contributed by atoms with van der Waals surface area (Å²) >= 11 is 0. The van der Waals surface area contributed by atoms with Crippen molar-refractivity contribution >= 4 is 10.8 Å². The van der Waals surface area contributed by atoms with Crippen LogP contribution in [0.15, 0.2) is 36.4 Å². The fraction of sp³-hybridized carbons (Fsp3) is 0.444. The van der Waals surface area contributed by atoms with Gasteiger partial charge >= 0.3 is 0 Å². The van der Waals surface area contributed by atoms with E-state index in [0.717, 1.165) is 22.9 Å². The molecule has 3 rings (SSSR count). The summed E-state index contributed by atoms with van der Waals surface area (Å²) in [4.78, 5) is 2.52. The van der Waals surface area contributed by atoms with E-state index in [1.165, 1.54) is 19.3 Å². The average Bonchev–Trinajstić information content (AvgIpc) is 2.48. The van der Waals surface area contributed by atoms with Crippen LogP contribution >= 0.6 is 0 Å². The minimum absolute atomic E-state index is 0.273. The Labute approximate surface area is 121 Å². The Morgan fingerprint density at radius 3 is 2.75 bits per heavy atom. The Kier molecular flexibility index (Phi) is 3.66. The Bertz CT molecular complexity index is 607. The topological polar surface area (TPSA) is 23.5 Å². The fourth-order valence-electron chi connectivity index (χ4n) is 3.48. The molecule has 0 aromatic heterocycles. The highest BCUT2D eigenvalue weighted by atomic mass is 16.3. The first-order chi connectivity index (χ1) is 9.68. The second-order valence-corrected chi connectivity index (χ2v) is 5.98. The van der Waals surface area contributed by atoms with Crippen LogP contribution in [0.3, 0.4) is 0 Å². The fourth-order valence-corrected chi connectivity index (χ4v) is 3.48. The van der Waals surface area contributed by atoms with Gasteiger partial charge in [-0.15, -0.1) is 0 Å². The van der Waals surface area contributed by atoms with Crippen LogP contribution in [-0.4, -0.2) is 22.6 Å². The summed E-state index contributed by atoms with van der Waals surface area (Å²) in [5.74, 6) is 0.452. The molecule has 1 fully saturated rings. The molecule has 0 saturated carbocycles. The van der Waals surface area contributed by atoms with Crippen molar-refractivity contribution in [2.45, 2.75) is 45.2 Å². The number of fused-ring (bicyclic) bond motifs is 1. The molecule has 2 heteroatoms. The number of phenolic OH excluding ortho intramolecular Hbond substituents is 1. The molecule has 2 nitrogen and oxygen atoms in total. The van der Waals surface area contributed by atoms with Crippen molar-refractivity contribution in [3.05, 3.63) is 42.0 Å². The van der Waals surface area contributed by atoms with E-state index in [1.807, 2.05) is 24.3 Å². The molecule has 2 unspecified atom stereocenters. The lowest BCUT2D eigenvalue weighted by Gasteiger charge is -2.38. The summed E-state index contributed by atoms with van der Waals surface area (Å²) in [6, 6.07) is 13.1. The van der Waals surface area contributed by atoms with Crippen LogP contribution in [0.2, 0.25) is 0 Å². The number of aromatic hydroxyl groups is 1. The van der Waals surface area contributed by atoms with Crippen molar-refractivity contribution in [3.8, 4) is 5.75 Å². The van der Waals surface area contributed by atoms with Crippen molar-refractivity contribution in [1.29, 1.82) is 0 Å². The number of nitrogens with zero attached hydrogens (tertiary/aromatic N) is 1. The van der Waals surface area contributed by atoms with Crippen LogP contribution < -0.4 is 0 Å². The molecule has 0 radical (unpaired) electrons. The Morgan fingerprint density at radius 2 is 1.95 bits per heavy atom. The van der Waals surface area contributed by atoms with E-state index in [0.29, 0.717) is 11.8 Å². The molecule has 2 aromatic rings. The van der Waals surface area contributed by atoms with Gasteiger partial charge in [-0.2, -0.15) is 0 Å². The highest BCUT2D eigenvalue weighted by molar-refractivity contribution is 5.89. The van der Waals surface area contributed by atoms with Gasteiger partial charge in [-0.1, -0.05) is 42.8 Å². The number of likely N-dealkylation sites (tertiary alicyclic amines) is 1. The standard InChI is InChI=1S/C18H23NO/c1-13-7-5-6-12-19(13)14(2)16-11-10-15-8-3-4-9-17(15)18(16)20/h3-4,8-11,13-14,20H,5-7,12H2,1-2H3. The maximum atomic E-state index is 10.6. The van der Waals surface area contributed by atoms with Crippen LogP contribution in [0, 0.1) is 0 Å². The molecular formula is C18H23NO. The zero-order valence-electron chi connectivity index (χ0n) is 12.3. The minimum Gasteiger partial charge on any atom is -0.507 e. The molecular weight excluding hydrogens is 246 g/mol. The molecule has 0 bridgehead atoms. The number of hydrogen-bond acceptors (Lipinski definition) is 2. The van der Waals surface area contributed by atoms with Gasteiger partial charge in [0.25, 0.3) is 0 Å². The van der Waals surface area contributed by atoms with E-state index in [2.05, 4.69) is 30.9 Å². The summed E-state index contributed by atoms with van der Waals surface area (Å²) < 4.78 is 0. The van der Waals surface area contributed by atoms with Gasteiger partial charge in [0.05, 0.1) is 0 Å². The molecule has 1 aliphatic rings. The second kappa shape index (κ2) is 5.45. The van der Waals surface area contributed by atoms with Gasteiger partial charge in [-0.3, -0.25) is 4.90 Å². The molecule has 1 aliphatic heterocycles. The Hall–Kier alpha value is -1.54. The monoisotopic (exact) mass is 269 g/mol. The van der Waals surface area contributed by atoms with Gasteiger partial charge in [0.1, 0.15) is 5.75 Å². The lowest BCUT2D eigenvalue weighted by atomic mass is 9.95. The summed E-state index contributed by atoms with van der Waals surface area (Å²) in [5, 5.41) is 12.7. The zero-order valence-corrected chi connectivity index (χ0v) is 12.3. The quantitative estimate of drug-likeness (QED) is 0.868. The third-order valence-corrected chi connectivity index (χ3v) is 4.73. The smallest absolute Gasteiger partial charge is 0.128 e. The van der Waals surface area contributed by atoms with Crippen LogP contribution in [0.1, 0.15) is 44.7 Å². The molecule has 1 saturated heterocycles. The Morgan fingerprint density at radius 1 is 1.15 bits per heavy atom. The molecule has 20 heavy (non-hydrogen) atoms. The van der Waals surface area contributed by atoms with E-state index < -0.39 is 0 Å². The number of piperidine rings is 1. The SMILES string of the molecule is CC1CCCCN1C(C)c1ccc2ccccc2c1O. The third-order valence-electron chi connectivity index (χ3n) is 4.73. The first kappa shape index (κ1) is 13.4. The number of benzene rings is 2. The summed E-state index contributed by atoms with van der Waals surface area (Å²) in [7, 11) is 0. The highest BCUT2D eigenvalue weighted by Gasteiger charge is 2.26. The summed E-state index contributed by atoms with van der Waals surface area (Å²) in [6.45, 7) is 5.65. The van der Waals surface area contributed by atoms with E-state index in [-0.39, 0.29) is 6.04 Å². The zero-order chi connectivity index (χ0) is 14.1. The first-order valence-corrected chi connectivity index (χ1v) is 7.65. The molecule has 106 valence electrons. The van der Waals surface area contributed by atoms with Gasteiger partial charge in [0, 0.05) is 23.0 Å². The van der Waals surface area contributed by atoms with Crippen molar-refractivity contribution in [2.75, 3.05) is 6.54 Å². The van der Waals surface area contributed by atoms with Gasteiger partial charge in [-0.05, 0) is 38.6 Å². The summed E-state index contributed by atoms with van der Waals surface area (Å²) in [5.41, 5.74) is 1.05. The van der Waals surface area contributed by atoms with Crippen LogP contribution in [0.25, 0.3) is 10.8 Å². The highest BCUT2D eigenvalue weighted by Crippen LogP contribution is 2.36. The van der Waals surface area contributed by atoms with E-state index >= 15 is 0 Å². The lowest BCUT2D eigenvalue weighted by molar-refractivity contribution is 0.113. The third kappa shape index (κ3) is 2.29. The molecule has 2 aromatic carbocycles. The largest absolute Gasteiger partial charge is 0.507 e. The van der Waals surface area contributed by atoms with Gasteiger partial charge in [-0.25, -0.2) is 0 Å². The van der Waals surface area contributed by atoms with E-state index in [4.69, 9.17) is 0 Å². The maximum absolute atomic E-state index is 10.6. The van der Waals surface area contributed by atoms with Gasteiger partial charge in [0.2, 0.25) is 0 Å². The predicted octanol–water partition coefficient (Wildman–Crippen LogP) is 4.48. The predicted molar refractivity (Wildman–Crippen MR) is 84.0 cm³/mol. The van der Waals surface area contributed by atoms with E-state index in [9.17, 15) is 5.11 Å². The molecule has 1 heterocycles. The van der Waals surface area contributed by atoms with Crippen molar-refractivity contribution in [1.82, 2.24) is 4.90 Å². The number of rotatable bonds is 2. The van der Waals surface area contributed by atoms with Crippen molar-refractivity contribution in [3.63, 3.8) is 0 Å². The lowest BCUT2D eigenvalue weighted by Crippen LogP contribution is -2.39. The minimum atomic E-state index is 0.273. The second-order valence-electron chi connectivity index (χ2n) is 5.98. The average molecular weight is 269 g/mol. The van der Waals surface area contributed by atoms with Crippen LogP contribution in [-0.2, 0) is 0 Å². The van der Waals surface area contributed by atoms with Crippen LogP contribution in [0.5, 0.6) is 5.75 Å². The molecule has 0 spiro atoms. The van der Waals surface area contributed by atoms with Crippen molar-refractivity contribution < 1.29 is 5.11 Å². The number of phenols is 1. The normalized spacial score (nSPS) is 22.0. The number of hydrogen-bond donors (Lipinski definition) is 1. The van der Waals surface area contributed by atoms with Crippen LogP contribution in [0.4, 0.5) is 0 Å². The maximum Gasteiger partial charge on any atom is 0.128 e. The summed E-state index contributed by atoms with van der Waals surface area (Å²) in [6.07, 6.45) is 3.86. The van der Waals surface area contributed by atoms with E-state index in [1.54, 1.807) is 0 Å². The van der Waals surface area contributed by atoms with Crippen molar-refractivity contribution in [2.24, 2.45) is 0 Å². The van der Waals surface area contributed by atoms with Gasteiger partial charge in [0.15, 0.2) is 0 Å². The first-order valence-electron chi connectivity index (χ1n) is 7.65. The van der Waals surface area contributed by atoms with Gasteiger partial charge < -0.3 is 5.11 Å². The Balaban J connectivity index is 1.98. The molecule has 1 N–H and O–H groups in total. The molecule has 2 atom stereocenters.